The molecule has 0 aromatic heterocycles. The smallest absolute Gasteiger partial charge is 0.303 e. The second-order valence-corrected chi connectivity index (χ2v) is 7.50. The van der Waals surface area contributed by atoms with Crippen LogP contribution in [0.5, 0.6) is 0 Å². The lowest BCUT2D eigenvalue weighted by Gasteiger charge is -2.35. The molecule has 14 heteroatoms. The molecule has 2 rings (SSSR count). The van der Waals surface area contributed by atoms with Crippen LogP contribution in [0.25, 0.3) is 0 Å². The van der Waals surface area contributed by atoms with Crippen LogP contribution in [-0.4, -0.2) is 98.6 Å². The minimum Gasteiger partial charge on any atom is -0.462 e. The number of hydrogen-bond acceptors (Lipinski definition) is 11. The van der Waals surface area contributed by atoms with Gasteiger partial charge in [0.1, 0.15) is 24.5 Å². The SMILES string of the molecule is COC1C(NC(C)=O)=C(OCCOCCOCCNC(=O)c2ccc([N+](=O)[O-])cc2)OC(CO)[C@@H]1O. The molecular weight excluding hydrogens is 482 g/mol. The first-order valence-electron chi connectivity index (χ1n) is 11.1. The molecule has 0 spiro atoms. The van der Waals surface area contributed by atoms with Gasteiger partial charge in [-0.2, -0.15) is 0 Å². The van der Waals surface area contributed by atoms with Crippen molar-refractivity contribution in [2.75, 3.05) is 53.3 Å². The Morgan fingerprint density at radius 3 is 2.33 bits per heavy atom. The van der Waals surface area contributed by atoms with Gasteiger partial charge >= 0.3 is 5.95 Å². The van der Waals surface area contributed by atoms with Crippen LogP contribution in [-0.2, 0) is 28.5 Å². The second-order valence-electron chi connectivity index (χ2n) is 7.50. The normalized spacial score (nSPS) is 19.4. The lowest BCUT2D eigenvalue weighted by atomic mass is 10.0. The number of methoxy groups -OCH3 is 1. The molecular formula is C22H31N3O11. The molecule has 0 fully saturated rings. The van der Waals surface area contributed by atoms with Gasteiger partial charge in [0.05, 0.1) is 38.0 Å². The predicted octanol–water partition coefficient (Wildman–Crippen LogP) is -0.553. The maximum absolute atomic E-state index is 12.0. The number of carbonyl (C=O) groups is 2. The summed E-state index contributed by atoms with van der Waals surface area (Å²) in [6, 6.07) is 5.27. The van der Waals surface area contributed by atoms with Crippen molar-refractivity contribution in [3.63, 3.8) is 0 Å². The van der Waals surface area contributed by atoms with Crippen LogP contribution in [0.15, 0.2) is 35.9 Å². The standard InChI is InChI=1S/C22H31N3O11/c1-14(27)24-18-20(32-2)19(28)17(13-26)36-22(18)35-12-11-34-10-9-33-8-7-23-21(29)15-3-5-16(6-4-15)25(30)31/h3-6,17,19-20,26,28H,7-13H2,1-2H3,(H,23,29)(H,24,27)/t17?,19-,20?/m0/s1. The Bertz CT molecular complexity index is 907. The van der Waals surface area contributed by atoms with Gasteiger partial charge in [0.2, 0.25) is 5.91 Å². The van der Waals surface area contributed by atoms with Crippen LogP contribution in [0.3, 0.4) is 0 Å². The molecule has 1 aliphatic rings. The number of aliphatic hydroxyl groups excluding tert-OH is 2. The highest BCUT2D eigenvalue weighted by atomic mass is 16.7. The Kier molecular flexibility index (Phi) is 12.0. The third-order valence-corrected chi connectivity index (χ3v) is 4.90. The zero-order valence-electron chi connectivity index (χ0n) is 20.0. The molecule has 36 heavy (non-hydrogen) atoms. The summed E-state index contributed by atoms with van der Waals surface area (Å²) in [6.45, 7) is 2.00. The Balaban J connectivity index is 1.64. The molecule has 0 aliphatic carbocycles. The molecule has 1 aromatic rings. The quantitative estimate of drug-likeness (QED) is 0.134. The Morgan fingerprint density at radius 2 is 1.75 bits per heavy atom. The number of aliphatic hydroxyl groups is 2. The van der Waals surface area contributed by atoms with Crippen molar-refractivity contribution >= 4 is 17.5 Å². The minimum absolute atomic E-state index is 0.0500. The number of nitro groups is 1. The molecule has 4 N–H and O–H groups in total. The predicted molar refractivity (Wildman–Crippen MR) is 123 cm³/mol. The molecule has 1 aliphatic heterocycles. The number of nitrogens with zero attached hydrogens (tertiary/aromatic N) is 1. The van der Waals surface area contributed by atoms with E-state index in [1.54, 1.807) is 0 Å². The highest BCUT2D eigenvalue weighted by molar-refractivity contribution is 5.94. The van der Waals surface area contributed by atoms with E-state index in [0.717, 1.165) is 0 Å². The number of hydrogen-bond donors (Lipinski definition) is 4. The number of rotatable bonds is 15. The zero-order chi connectivity index (χ0) is 26.5. The third-order valence-electron chi connectivity index (χ3n) is 4.90. The maximum atomic E-state index is 12.0. The fourth-order valence-corrected chi connectivity index (χ4v) is 3.17. The van der Waals surface area contributed by atoms with E-state index in [0.29, 0.717) is 5.56 Å². The summed E-state index contributed by atoms with van der Waals surface area (Å²) in [5.41, 5.74) is 0.323. The van der Waals surface area contributed by atoms with Gasteiger partial charge in [-0.1, -0.05) is 0 Å². The highest BCUT2D eigenvalue weighted by Crippen LogP contribution is 2.26. The average Bonchev–Trinajstić information content (AvgIpc) is 2.86. The van der Waals surface area contributed by atoms with E-state index in [4.69, 9.17) is 23.7 Å². The molecule has 2 amide bonds. The summed E-state index contributed by atoms with van der Waals surface area (Å²) in [4.78, 5) is 33.6. The van der Waals surface area contributed by atoms with Gasteiger partial charge < -0.3 is 44.5 Å². The summed E-state index contributed by atoms with van der Waals surface area (Å²) in [5, 5.41) is 35.5. The van der Waals surface area contributed by atoms with Crippen molar-refractivity contribution in [2.24, 2.45) is 0 Å². The number of amides is 2. The molecule has 0 radical (unpaired) electrons. The molecule has 1 heterocycles. The van der Waals surface area contributed by atoms with Crippen molar-refractivity contribution in [2.45, 2.75) is 25.2 Å². The Hall–Kier alpha value is -3.30. The molecule has 14 nitrogen and oxygen atoms in total. The number of carbonyl (C=O) groups excluding carboxylic acids is 2. The van der Waals surface area contributed by atoms with Crippen molar-refractivity contribution in [3.8, 4) is 0 Å². The molecule has 0 bridgehead atoms. The van der Waals surface area contributed by atoms with Crippen LogP contribution >= 0.6 is 0 Å². The number of nitro benzene ring substituents is 1. The van der Waals surface area contributed by atoms with E-state index in [9.17, 15) is 29.9 Å². The largest absolute Gasteiger partial charge is 0.462 e. The van der Waals surface area contributed by atoms with Crippen LogP contribution in [0.1, 0.15) is 17.3 Å². The lowest BCUT2D eigenvalue weighted by molar-refractivity contribution is -0.384. The highest BCUT2D eigenvalue weighted by Gasteiger charge is 2.40. The van der Waals surface area contributed by atoms with Crippen molar-refractivity contribution < 1.29 is 48.4 Å². The molecule has 0 saturated carbocycles. The molecule has 2 unspecified atom stereocenters. The van der Waals surface area contributed by atoms with Crippen molar-refractivity contribution in [3.05, 3.63) is 51.6 Å². The van der Waals surface area contributed by atoms with Crippen LogP contribution in [0.2, 0.25) is 0 Å². The summed E-state index contributed by atoms with van der Waals surface area (Å²) >= 11 is 0. The minimum atomic E-state index is -1.21. The molecule has 3 atom stereocenters. The topological polar surface area (TPSA) is 188 Å². The number of nitrogens with one attached hydrogen (secondary N) is 2. The van der Waals surface area contributed by atoms with Gasteiger partial charge in [-0.05, 0) is 12.1 Å². The van der Waals surface area contributed by atoms with E-state index in [1.807, 2.05) is 0 Å². The number of non-ortho nitro benzene ring substituents is 1. The first-order valence-corrected chi connectivity index (χ1v) is 11.1. The van der Waals surface area contributed by atoms with Gasteiger partial charge in [-0.15, -0.1) is 0 Å². The van der Waals surface area contributed by atoms with Crippen LogP contribution in [0, 0.1) is 10.1 Å². The summed E-state index contributed by atoms with van der Waals surface area (Å²) < 4.78 is 27.0. The number of benzene rings is 1. The summed E-state index contributed by atoms with van der Waals surface area (Å²) in [7, 11) is 1.34. The van der Waals surface area contributed by atoms with Gasteiger partial charge in [0.15, 0.2) is 6.10 Å². The van der Waals surface area contributed by atoms with Crippen LogP contribution in [0.4, 0.5) is 5.69 Å². The summed E-state index contributed by atoms with van der Waals surface area (Å²) in [5.74, 6) is -0.861. The molecule has 200 valence electrons. The second kappa shape index (κ2) is 15.0. The van der Waals surface area contributed by atoms with Gasteiger partial charge in [0.25, 0.3) is 11.6 Å². The Labute approximate surface area is 207 Å². The van der Waals surface area contributed by atoms with Gasteiger partial charge in [-0.3, -0.25) is 19.7 Å². The van der Waals surface area contributed by atoms with E-state index in [-0.39, 0.29) is 62.8 Å². The van der Waals surface area contributed by atoms with Crippen molar-refractivity contribution in [1.82, 2.24) is 10.6 Å². The first-order chi connectivity index (χ1) is 17.3. The number of ether oxygens (including phenoxy) is 5. The zero-order valence-corrected chi connectivity index (χ0v) is 20.0. The molecule has 1 aromatic carbocycles. The third kappa shape index (κ3) is 8.73. The van der Waals surface area contributed by atoms with Crippen molar-refractivity contribution in [1.29, 1.82) is 0 Å². The van der Waals surface area contributed by atoms with Crippen LogP contribution < -0.4 is 10.6 Å². The van der Waals surface area contributed by atoms with E-state index in [1.165, 1.54) is 38.3 Å². The Morgan fingerprint density at radius 1 is 1.11 bits per heavy atom. The van der Waals surface area contributed by atoms with E-state index >= 15 is 0 Å². The monoisotopic (exact) mass is 513 g/mol. The fourth-order valence-electron chi connectivity index (χ4n) is 3.17. The fraction of sp³-hybridized carbons (Fsp3) is 0.545. The molecule has 0 saturated heterocycles. The van der Waals surface area contributed by atoms with E-state index < -0.39 is 35.7 Å². The first kappa shape index (κ1) is 28.9. The van der Waals surface area contributed by atoms with Gasteiger partial charge in [-0.25, -0.2) is 0 Å². The van der Waals surface area contributed by atoms with E-state index in [2.05, 4.69) is 10.6 Å². The summed E-state index contributed by atoms with van der Waals surface area (Å²) in [6.07, 6.45) is -3.15. The van der Waals surface area contributed by atoms with Gasteiger partial charge in [0, 0.05) is 38.3 Å². The maximum Gasteiger partial charge on any atom is 0.303 e. The lowest BCUT2D eigenvalue weighted by Crippen LogP contribution is -2.51. The average molecular weight is 514 g/mol.